The summed E-state index contributed by atoms with van der Waals surface area (Å²) in [5.74, 6) is 0.265. The molecular weight excluding hydrogens is 136 g/mol. The molecule has 0 aromatic carbocycles. The van der Waals surface area contributed by atoms with Crippen LogP contribution in [-0.4, -0.2) is 11.9 Å². The third-order valence-electron chi connectivity index (χ3n) is 0.994. The van der Waals surface area contributed by atoms with E-state index < -0.39 is 0 Å². The van der Waals surface area contributed by atoms with Crippen LogP contribution in [0.1, 0.15) is 27.7 Å². The van der Waals surface area contributed by atoms with E-state index in [-0.39, 0.29) is 5.92 Å². The largest absolute Gasteiger partial charge is 0.309 e. The highest BCUT2D eigenvalue weighted by atomic mass is 14.4. The number of hydrogen-bond donors (Lipinski definition) is 2. The van der Waals surface area contributed by atoms with Crippen LogP contribution in [0.25, 0.3) is 0 Å². The third kappa shape index (κ3) is 9.08. The van der Waals surface area contributed by atoms with Crippen LogP contribution < -0.4 is 0 Å². The Hall–Kier alpha value is -0.920. The normalized spacial score (nSPS) is 9.18. The predicted molar refractivity (Wildman–Crippen MR) is 51.8 cm³/mol. The molecule has 0 fully saturated rings. The fourth-order valence-corrected chi connectivity index (χ4v) is 0.344. The zero-order valence-corrected chi connectivity index (χ0v) is 7.81. The van der Waals surface area contributed by atoms with Gasteiger partial charge in [-0.25, -0.2) is 0 Å². The number of allylic oxidation sites excluding steroid dienone is 2. The lowest BCUT2D eigenvalue weighted by Crippen LogP contribution is -2.00. The maximum absolute atomic E-state index is 7.26. The second-order valence-electron chi connectivity index (χ2n) is 2.14. The first kappa shape index (κ1) is 12.7. The monoisotopic (exact) mass is 154 g/mol. The minimum Gasteiger partial charge on any atom is -0.309 e. The summed E-state index contributed by atoms with van der Waals surface area (Å²) in [6.45, 7) is 7.91. The lowest BCUT2D eigenvalue weighted by atomic mass is 10.1. The van der Waals surface area contributed by atoms with Crippen molar-refractivity contribution in [3.63, 3.8) is 0 Å². The van der Waals surface area contributed by atoms with Gasteiger partial charge in [0.15, 0.2) is 0 Å². The SMILES string of the molecule is CC.CC(C)C(=N)/C=C\C=N. The van der Waals surface area contributed by atoms with E-state index in [2.05, 4.69) is 0 Å². The molecule has 0 heterocycles. The summed E-state index contributed by atoms with van der Waals surface area (Å²) in [5, 5.41) is 13.9. The summed E-state index contributed by atoms with van der Waals surface area (Å²) in [6.07, 6.45) is 4.37. The first-order chi connectivity index (χ1) is 5.18. The zero-order chi connectivity index (χ0) is 9.28. The van der Waals surface area contributed by atoms with Gasteiger partial charge < -0.3 is 10.8 Å². The molecule has 0 aromatic heterocycles. The summed E-state index contributed by atoms with van der Waals surface area (Å²) in [6, 6.07) is 0. The maximum Gasteiger partial charge on any atom is 0.0339 e. The van der Waals surface area contributed by atoms with Crippen molar-refractivity contribution >= 4 is 11.9 Å². The fourth-order valence-electron chi connectivity index (χ4n) is 0.344. The van der Waals surface area contributed by atoms with Gasteiger partial charge in [-0.15, -0.1) is 0 Å². The smallest absolute Gasteiger partial charge is 0.0339 e. The van der Waals surface area contributed by atoms with Crippen molar-refractivity contribution < 1.29 is 0 Å². The Bertz CT molecular complexity index is 134. The van der Waals surface area contributed by atoms with E-state index in [1.165, 1.54) is 6.21 Å². The number of rotatable bonds is 3. The van der Waals surface area contributed by atoms with Gasteiger partial charge in [-0.05, 0) is 18.1 Å². The van der Waals surface area contributed by atoms with Gasteiger partial charge in [-0.3, -0.25) is 0 Å². The minimum atomic E-state index is 0.265. The van der Waals surface area contributed by atoms with Crippen molar-refractivity contribution in [3.05, 3.63) is 12.2 Å². The Labute approximate surface area is 69.3 Å². The van der Waals surface area contributed by atoms with Crippen LogP contribution >= 0.6 is 0 Å². The molecule has 64 valence electrons. The van der Waals surface area contributed by atoms with Crippen LogP contribution in [0, 0.1) is 16.7 Å². The molecule has 0 aromatic rings. The second-order valence-corrected chi connectivity index (χ2v) is 2.14. The van der Waals surface area contributed by atoms with E-state index in [0.717, 1.165) is 0 Å². The molecule has 0 rings (SSSR count). The van der Waals surface area contributed by atoms with Crippen LogP contribution in [0.15, 0.2) is 12.2 Å². The molecule has 0 aliphatic rings. The standard InChI is InChI=1S/C7H12N2.C2H6/c1-6(2)7(9)4-3-5-8;1-2/h3-6,8-9H,1-2H3;1-2H3/b4-3-,8-5?,9-7?;. The molecule has 11 heavy (non-hydrogen) atoms. The molecule has 0 saturated heterocycles. The van der Waals surface area contributed by atoms with E-state index in [4.69, 9.17) is 10.8 Å². The molecule has 0 radical (unpaired) electrons. The molecule has 0 atom stereocenters. The van der Waals surface area contributed by atoms with Crippen LogP contribution in [0.3, 0.4) is 0 Å². The maximum atomic E-state index is 7.26. The highest BCUT2D eigenvalue weighted by Crippen LogP contribution is 1.94. The Morgan fingerprint density at radius 1 is 1.27 bits per heavy atom. The molecule has 2 N–H and O–H groups in total. The van der Waals surface area contributed by atoms with Crippen molar-refractivity contribution in [1.29, 1.82) is 10.8 Å². The highest BCUT2D eigenvalue weighted by Gasteiger charge is 1.94. The highest BCUT2D eigenvalue weighted by molar-refractivity contribution is 5.96. The molecule has 0 amide bonds. The quantitative estimate of drug-likeness (QED) is 0.587. The van der Waals surface area contributed by atoms with E-state index >= 15 is 0 Å². The van der Waals surface area contributed by atoms with Gasteiger partial charge in [0.05, 0.1) is 0 Å². The van der Waals surface area contributed by atoms with Gasteiger partial charge in [-0.2, -0.15) is 0 Å². The molecule has 0 spiro atoms. The van der Waals surface area contributed by atoms with Gasteiger partial charge in [0.25, 0.3) is 0 Å². The Balaban J connectivity index is 0. The zero-order valence-electron chi connectivity index (χ0n) is 7.81. The Morgan fingerprint density at radius 3 is 2.00 bits per heavy atom. The van der Waals surface area contributed by atoms with Crippen molar-refractivity contribution in [3.8, 4) is 0 Å². The van der Waals surface area contributed by atoms with E-state index in [1.54, 1.807) is 12.2 Å². The molecule has 0 bridgehead atoms. The molecule has 0 unspecified atom stereocenters. The molecule has 0 aliphatic carbocycles. The summed E-state index contributed by atoms with van der Waals surface area (Å²) < 4.78 is 0. The van der Waals surface area contributed by atoms with Crippen LogP contribution in [-0.2, 0) is 0 Å². The van der Waals surface area contributed by atoms with E-state index in [1.807, 2.05) is 27.7 Å². The van der Waals surface area contributed by atoms with Crippen LogP contribution in [0.5, 0.6) is 0 Å². The van der Waals surface area contributed by atoms with Crippen molar-refractivity contribution in [2.45, 2.75) is 27.7 Å². The average molecular weight is 154 g/mol. The topological polar surface area (TPSA) is 47.7 Å². The van der Waals surface area contributed by atoms with Crippen LogP contribution in [0.4, 0.5) is 0 Å². The summed E-state index contributed by atoms with van der Waals surface area (Å²) >= 11 is 0. The molecule has 0 saturated carbocycles. The first-order valence-corrected chi connectivity index (χ1v) is 3.94. The van der Waals surface area contributed by atoms with Gasteiger partial charge in [0.1, 0.15) is 0 Å². The first-order valence-electron chi connectivity index (χ1n) is 3.94. The van der Waals surface area contributed by atoms with Gasteiger partial charge in [0.2, 0.25) is 0 Å². The van der Waals surface area contributed by atoms with E-state index in [0.29, 0.717) is 5.71 Å². The van der Waals surface area contributed by atoms with E-state index in [9.17, 15) is 0 Å². The summed E-state index contributed by atoms with van der Waals surface area (Å²) in [5.41, 5.74) is 0.568. The fraction of sp³-hybridized carbons (Fsp3) is 0.556. The van der Waals surface area contributed by atoms with Crippen molar-refractivity contribution in [2.24, 2.45) is 5.92 Å². The van der Waals surface area contributed by atoms with Gasteiger partial charge >= 0.3 is 0 Å². The Morgan fingerprint density at radius 2 is 1.73 bits per heavy atom. The summed E-state index contributed by atoms with van der Waals surface area (Å²) in [7, 11) is 0. The molecule has 2 heteroatoms. The predicted octanol–water partition coefficient (Wildman–Crippen LogP) is 2.89. The minimum absolute atomic E-state index is 0.265. The third-order valence-corrected chi connectivity index (χ3v) is 0.994. The lowest BCUT2D eigenvalue weighted by Gasteiger charge is -1.98. The second kappa shape index (κ2) is 9.08. The van der Waals surface area contributed by atoms with Crippen LogP contribution in [0.2, 0.25) is 0 Å². The number of hydrogen-bond acceptors (Lipinski definition) is 2. The van der Waals surface area contributed by atoms with Crippen molar-refractivity contribution in [2.75, 3.05) is 0 Å². The molecule has 2 nitrogen and oxygen atoms in total. The average Bonchev–Trinajstić information content (AvgIpc) is 2.03. The summed E-state index contributed by atoms with van der Waals surface area (Å²) in [4.78, 5) is 0. The van der Waals surface area contributed by atoms with Crippen molar-refractivity contribution in [1.82, 2.24) is 0 Å². The Kier molecular flexibility index (Phi) is 10.5. The van der Waals surface area contributed by atoms with Gasteiger partial charge in [-0.1, -0.05) is 27.7 Å². The van der Waals surface area contributed by atoms with Gasteiger partial charge in [0, 0.05) is 11.9 Å². The molecular formula is C9H18N2. The molecule has 0 aliphatic heterocycles. The number of nitrogens with one attached hydrogen (secondary N) is 2. The lowest BCUT2D eigenvalue weighted by molar-refractivity contribution is 0.882.